The van der Waals surface area contributed by atoms with Crippen LogP contribution in [0.5, 0.6) is 5.75 Å². The summed E-state index contributed by atoms with van der Waals surface area (Å²) in [6.07, 6.45) is -0.0763. The summed E-state index contributed by atoms with van der Waals surface area (Å²) in [5, 5.41) is 3.28. The van der Waals surface area contributed by atoms with Crippen molar-refractivity contribution in [2.24, 2.45) is 0 Å². The molecule has 1 amide bonds. The Morgan fingerprint density at radius 3 is 2.90 bits per heavy atom. The molecule has 1 aromatic rings. The number of methoxy groups -OCH3 is 1. The number of carbonyl (C=O) groups excluding carboxylic acids is 1. The molecule has 0 bridgehead atoms. The topological polar surface area (TPSA) is 44.8 Å². The molecule has 1 N–H and O–H groups in total. The first-order chi connectivity index (χ1) is 9.52. The van der Waals surface area contributed by atoms with E-state index < -0.39 is 0 Å². The number of likely N-dealkylation sites (N-methyl/N-ethyl adjacent to an activating group) is 1. The van der Waals surface area contributed by atoms with Gasteiger partial charge >= 0.3 is 0 Å². The van der Waals surface area contributed by atoms with Gasteiger partial charge in [0.1, 0.15) is 11.9 Å². The van der Waals surface area contributed by atoms with Gasteiger partial charge < -0.3 is 14.5 Å². The summed E-state index contributed by atoms with van der Waals surface area (Å²) in [6.45, 7) is 3.31. The van der Waals surface area contributed by atoms with Crippen LogP contribution >= 0.6 is 0 Å². The molecule has 1 aromatic carbocycles. The van der Waals surface area contributed by atoms with Gasteiger partial charge in [-0.3, -0.25) is 10.1 Å². The summed E-state index contributed by atoms with van der Waals surface area (Å²) in [5.41, 5.74) is 1.06. The first-order valence-electron chi connectivity index (χ1n) is 6.86. The summed E-state index contributed by atoms with van der Waals surface area (Å²) >= 11 is 0. The van der Waals surface area contributed by atoms with Gasteiger partial charge in [-0.1, -0.05) is 12.1 Å². The number of ether oxygens (including phenoxy) is 1. The van der Waals surface area contributed by atoms with Crippen LogP contribution in [-0.4, -0.2) is 56.0 Å². The van der Waals surface area contributed by atoms with Gasteiger partial charge in [0.15, 0.2) is 0 Å². The zero-order valence-corrected chi connectivity index (χ0v) is 12.6. The average Bonchev–Trinajstić information content (AvgIpc) is 2.80. The normalized spacial score (nSPS) is 20.6. The van der Waals surface area contributed by atoms with Crippen LogP contribution in [0.4, 0.5) is 0 Å². The highest BCUT2D eigenvalue weighted by atomic mass is 16.5. The molecule has 0 radical (unpaired) electrons. The molecular formula is C15H23N3O2. The molecule has 20 heavy (non-hydrogen) atoms. The summed E-state index contributed by atoms with van der Waals surface area (Å²) in [5.74, 6) is 0.955. The van der Waals surface area contributed by atoms with E-state index in [2.05, 4.69) is 17.1 Å². The van der Waals surface area contributed by atoms with Crippen LogP contribution in [0.3, 0.4) is 0 Å². The molecule has 5 heteroatoms. The highest BCUT2D eigenvalue weighted by Gasteiger charge is 2.35. The summed E-state index contributed by atoms with van der Waals surface area (Å²) in [6, 6.07) is 8.02. The molecule has 5 nitrogen and oxygen atoms in total. The second kappa shape index (κ2) is 6.24. The molecule has 0 saturated carbocycles. The third kappa shape index (κ3) is 3.11. The predicted molar refractivity (Wildman–Crippen MR) is 78.6 cm³/mol. The number of hydrogen-bond donors (Lipinski definition) is 1. The van der Waals surface area contributed by atoms with Crippen molar-refractivity contribution >= 4 is 5.91 Å². The molecular weight excluding hydrogens is 254 g/mol. The molecule has 0 spiro atoms. The molecule has 1 aliphatic heterocycles. The minimum Gasteiger partial charge on any atom is -0.497 e. The Balaban J connectivity index is 2.22. The van der Waals surface area contributed by atoms with Crippen molar-refractivity contribution in [3.05, 3.63) is 29.8 Å². The number of rotatable bonds is 5. The van der Waals surface area contributed by atoms with Crippen molar-refractivity contribution < 1.29 is 9.53 Å². The maximum Gasteiger partial charge on any atom is 0.238 e. The van der Waals surface area contributed by atoms with Crippen LogP contribution in [0, 0.1) is 0 Å². The maximum atomic E-state index is 12.1. The maximum absolute atomic E-state index is 12.1. The molecule has 0 aliphatic carbocycles. The molecule has 0 aromatic heterocycles. The zero-order valence-electron chi connectivity index (χ0n) is 12.6. The van der Waals surface area contributed by atoms with Gasteiger partial charge in [-0.2, -0.15) is 0 Å². The lowest BCUT2D eigenvalue weighted by atomic mass is 10.1. The Labute approximate surface area is 120 Å². The van der Waals surface area contributed by atoms with Gasteiger partial charge in [0.05, 0.1) is 13.7 Å². The fourth-order valence-corrected chi connectivity index (χ4v) is 2.72. The van der Waals surface area contributed by atoms with Crippen LogP contribution < -0.4 is 10.1 Å². The van der Waals surface area contributed by atoms with Gasteiger partial charge in [-0.15, -0.1) is 0 Å². The van der Waals surface area contributed by atoms with E-state index in [9.17, 15) is 4.79 Å². The lowest BCUT2D eigenvalue weighted by Gasteiger charge is -2.32. The molecule has 2 unspecified atom stereocenters. The standard InChI is InChI=1S/C15H23N3O2/c1-11(10-17(2)3)18-14(19)9-16-15(18)12-6-5-7-13(8-12)20-4/h5-8,11,15-16H,9-10H2,1-4H3. The third-order valence-electron chi connectivity index (χ3n) is 3.53. The van der Waals surface area contributed by atoms with E-state index in [1.54, 1.807) is 7.11 Å². The average molecular weight is 277 g/mol. The van der Waals surface area contributed by atoms with Gasteiger partial charge in [-0.25, -0.2) is 0 Å². The van der Waals surface area contributed by atoms with Gasteiger partial charge in [-0.05, 0) is 38.7 Å². The Morgan fingerprint density at radius 1 is 1.50 bits per heavy atom. The Bertz CT molecular complexity index is 476. The molecule has 1 saturated heterocycles. The predicted octanol–water partition coefficient (Wildman–Crippen LogP) is 1.08. The van der Waals surface area contributed by atoms with Crippen molar-refractivity contribution in [1.29, 1.82) is 0 Å². The van der Waals surface area contributed by atoms with Crippen molar-refractivity contribution in [2.75, 3.05) is 34.3 Å². The second-order valence-electron chi connectivity index (χ2n) is 5.47. The van der Waals surface area contributed by atoms with Crippen molar-refractivity contribution in [3.8, 4) is 5.75 Å². The second-order valence-corrected chi connectivity index (χ2v) is 5.47. The fraction of sp³-hybridized carbons (Fsp3) is 0.533. The minimum atomic E-state index is -0.0763. The summed E-state index contributed by atoms with van der Waals surface area (Å²) in [4.78, 5) is 16.2. The van der Waals surface area contributed by atoms with E-state index in [1.807, 2.05) is 43.3 Å². The quantitative estimate of drug-likeness (QED) is 0.874. The lowest BCUT2D eigenvalue weighted by Crippen LogP contribution is -2.43. The summed E-state index contributed by atoms with van der Waals surface area (Å²) in [7, 11) is 5.69. The number of amides is 1. The van der Waals surface area contributed by atoms with E-state index in [1.165, 1.54) is 0 Å². The first-order valence-corrected chi connectivity index (χ1v) is 6.86. The first kappa shape index (κ1) is 14.8. The van der Waals surface area contributed by atoms with Gasteiger partial charge in [0.2, 0.25) is 5.91 Å². The van der Waals surface area contributed by atoms with E-state index in [0.717, 1.165) is 17.9 Å². The molecule has 1 aliphatic rings. The SMILES string of the molecule is COc1cccc(C2NCC(=O)N2C(C)CN(C)C)c1. The van der Waals surface area contributed by atoms with Crippen molar-refractivity contribution in [3.63, 3.8) is 0 Å². The molecule has 2 rings (SSSR count). The van der Waals surface area contributed by atoms with Crippen molar-refractivity contribution in [2.45, 2.75) is 19.1 Å². The lowest BCUT2D eigenvalue weighted by molar-refractivity contribution is -0.130. The van der Waals surface area contributed by atoms with Gasteiger partial charge in [0.25, 0.3) is 0 Å². The van der Waals surface area contributed by atoms with Crippen LogP contribution in [0.1, 0.15) is 18.7 Å². The van der Waals surface area contributed by atoms with E-state index in [4.69, 9.17) is 4.74 Å². The highest BCUT2D eigenvalue weighted by molar-refractivity contribution is 5.81. The number of hydrogen-bond acceptors (Lipinski definition) is 4. The smallest absolute Gasteiger partial charge is 0.238 e. The van der Waals surface area contributed by atoms with E-state index in [-0.39, 0.29) is 18.1 Å². The molecule has 2 atom stereocenters. The molecule has 1 heterocycles. The van der Waals surface area contributed by atoms with Crippen LogP contribution in [0.2, 0.25) is 0 Å². The Morgan fingerprint density at radius 2 is 2.25 bits per heavy atom. The molecule has 110 valence electrons. The number of carbonyl (C=O) groups is 1. The Kier molecular flexibility index (Phi) is 4.62. The number of nitrogens with one attached hydrogen (secondary N) is 1. The third-order valence-corrected chi connectivity index (χ3v) is 3.53. The van der Waals surface area contributed by atoms with E-state index >= 15 is 0 Å². The number of nitrogens with zero attached hydrogens (tertiary/aromatic N) is 2. The zero-order chi connectivity index (χ0) is 14.7. The van der Waals surface area contributed by atoms with Crippen LogP contribution in [-0.2, 0) is 4.79 Å². The van der Waals surface area contributed by atoms with Crippen LogP contribution in [0.15, 0.2) is 24.3 Å². The van der Waals surface area contributed by atoms with Gasteiger partial charge in [0, 0.05) is 12.6 Å². The largest absolute Gasteiger partial charge is 0.497 e. The monoisotopic (exact) mass is 277 g/mol. The van der Waals surface area contributed by atoms with E-state index in [0.29, 0.717) is 6.54 Å². The highest BCUT2D eigenvalue weighted by Crippen LogP contribution is 2.27. The van der Waals surface area contributed by atoms with Crippen molar-refractivity contribution in [1.82, 2.24) is 15.1 Å². The Hall–Kier alpha value is -1.59. The number of benzene rings is 1. The minimum absolute atomic E-state index is 0.0763. The molecule has 1 fully saturated rings. The fourth-order valence-electron chi connectivity index (χ4n) is 2.72. The summed E-state index contributed by atoms with van der Waals surface area (Å²) < 4.78 is 5.26. The van der Waals surface area contributed by atoms with Crippen LogP contribution in [0.25, 0.3) is 0 Å².